The number of aliphatic carboxylic acids is 1. The number of rotatable bonds is 8. The number of hydrogen-bond donors (Lipinski definition) is 1. The van der Waals surface area contributed by atoms with E-state index < -0.39 is 11.9 Å². The smallest absolute Gasteiger partial charge is 0.331 e. The van der Waals surface area contributed by atoms with Gasteiger partial charge in [0, 0.05) is 12.2 Å². The fourth-order valence-electron chi connectivity index (χ4n) is 2.16. The lowest BCUT2D eigenvalue weighted by Gasteiger charge is -2.26. The van der Waals surface area contributed by atoms with Gasteiger partial charge in [0.1, 0.15) is 0 Å². The Morgan fingerprint density at radius 1 is 1.05 bits per heavy atom. The summed E-state index contributed by atoms with van der Waals surface area (Å²) in [6.45, 7) is 3.93. The van der Waals surface area contributed by atoms with Crippen molar-refractivity contribution in [1.29, 1.82) is 0 Å². The van der Waals surface area contributed by atoms with E-state index in [2.05, 4.69) is 4.90 Å². The second-order valence-electron chi connectivity index (χ2n) is 4.80. The van der Waals surface area contributed by atoms with Gasteiger partial charge >= 0.3 is 11.9 Å². The van der Waals surface area contributed by atoms with Crippen LogP contribution in [0.3, 0.4) is 0 Å². The molecular weight excluding hydrogens is 246 g/mol. The molecule has 1 aliphatic rings. The van der Waals surface area contributed by atoms with Crippen LogP contribution >= 0.6 is 0 Å². The molecule has 0 amide bonds. The number of carbonyl (C=O) groups excluding carboxylic acids is 1. The highest BCUT2D eigenvalue weighted by molar-refractivity contribution is 5.90. The summed E-state index contributed by atoms with van der Waals surface area (Å²) in [7, 11) is 0. The van der Waals surface area contributed by atoms with Crippen LogP contribution in [0.25, 0.3) is 0 Å². The third-order valence-electron chi connectivity index (χ3n) is 3.17. The average molecular weight is 269 g/mol. The Kier molecular flexibility index (Phi) is 7.89. The quantitative estimate of drug-likeness (QED) is 0.413. The van der Waals surface area contributed by atoms with Crippen LogP contribution in [0.5, 0.6) is 0 Å². The minimum atomic E-state index is -1.14. The summed E-state index contributed by atoms with van der Waals surface area (Å²) in [6, 6.07) is 0. The molecule has 0 saturated carbocycles. The Labute approximate surface area is 114 Å². The van der Waals surface area contributed by atoms with E-state index in [1.165, 1.54) is 32.4 Å². The van der Waals surface area contributed by atoms with Crippen molar-refractivity contribution in [2.45, 2.75) is 38.5 Å². The topological polar surface area (TPSA) is 66.8 Å². The van der Waals surface area contributed by atoms with Gasteiger partial charge in [-0.15, -0.1) is 0 Å². The summed E-state index contributed by atoms with van der Waals surface area (Å²) in [4.78, 5) is 23.7. The van der Waals surface area contributed by atoms with E-state index in [9.17, 15) is 9.59 Å². The second-order valence-corrected chi connectivity index (χ2v) is 4.80. The third kappa shape index (κ3) is 8.37. The molecule has 0 aliphatic carbocycles. The summed E-state index contributed by atoms with van der Waals surface area (Å²) < 4.78 is 4.88. The maximum atomic E-state index is 11.0. The van der Waals surface area contributed by atoms with Gasteiger partial charge in [-0.25, -0.2) is 9.59 Å². The number of carbonyl (C=O) groups is 2. The molecule has 108 valence electrons. The maximum absolute atomic E-state index is 11.0. The zero-order chi connectivity index (χ0) is 13.9. The SMILES string of the molecule is O=C(O)/C=C/C(=O)OCCCCCN1CCCCC1. The molecule has 1 aliphatic heterocycles. The molecule has 5 nitrogen and oxygen atoms in total. The zero-order valence-electron chi connectivity index (χ0n) is 11.3. The Morgan fingerprint density at radius 2 is 1.79 bits per heavy atom. The van der Waals surface area contributed by atoms with Crippen molar-refractivity contribution in [3.05, 3.63) is 12.2 Å². The standard InChI is InChI=1S/C14H23NO4/c16-13(17)7-8-14(18)19-12-6-2-5-11-15-9-3-1-4-10-15/h7-8H,1-6,9-12H2,(H,16,17)/b8-7+. The Hall–Kier alpha value is -1.36. The number of carboxylic acids is 1. The van der Waals surface area contributed by atoms with Gasteiger partial charge in [0.15, 0.2) is 0 Å². The van der Waals surface area contributed by atoms with E-state index in [0.29, 0.717) is 6.61 Å². The largest absolute Gasteiger partial charge is 0.478 e. The van der Waals surface area contributed by atoms with Gasteiger partial charge in [-0.3, -0.25) is 0 Å². The summed E-state index contributed by atoms with van der Waals surface area (Å²) in [6.07, 6.45) is 8.71. The number of nitrogens with zero attached hydrogens (tertiary/aromatic N) is 1. The molecule has 19 heavy (non-hydrogen) atoms. The minimum absolute atomic E-state index is 0.364. The predicted molar refractivity (Wildman–Crippen MR) is 71.9 cm³/mol. The number of likely N-dealkylation sites (tertiary alicyclic amines) is 1. The Bertz CT molecular complexity index is 309. The molecule has 0 unspecified atom stereocenters. The van der Waals surface area contributed by atoms with E-state index in [1.54, 1.807) is 0 Å². The average Bonchev–Trinajstić information content (AvgIpc) is 2.41. The highest BCUT2D eigenvalue weighted by Gasteiger charge is 2.08. The molecule has 1 fully saturated rings. The van der Waals surface area contributed by atoms with E-state index >= 15 is 0 Å². The van der Waals surface area contributed by atoms with Crippen LogP contribution in [0.1, 0.15) is 38.5 Å². The van der Waals surface area contributed by atoms with Crippen molar-refractivity contribution >= 4 is 11.9 Å². The highest BCUT2D eigenvalue weighted by atomic mass is 16.5. The maximum Gasteiger partial charge on any atom is 0.331 e. The summed E-state index contributed by atoms with van der Waals surface area (Å²) >= 11 is 0. The first kappa shape index (κ1) is 15.7. The normalized spacial score (nSPS) is 16.6. The lowest BCUT2D eigenvalue weighted by Crippen LogP contribution is -2.30. The van der Waals surface area contributed by atoms with Gasteiger partial charge in [0.05, 0.1) is 6.61 Å². The number of hydrogen-bond acceptors (Lipinski definition) is 4. The summed E-state index contributed by atoms with van der Waals surface area (Å²) in [5.41, 5.74) is 0. The number of piperidine rings is 1. The van der Waals surface area contributed by atoms with Crippen molar-refractivity contribution in [3.8, 4) is 0 Å². The molecule has 5 heteroatoms. The van der Waals surface area contributed by atoms with Crippen molar-refractivity contribution in [3.63, 3.8) is 0 Å². The minimum Gasteiger partial charge on any atom is -0.478 e. The van der Waals surface area contributed by atoms with Crippen LogP contribution in [-0.2, 0) is 14.3 Å². The monoisotopic (exact) mass is 269 g/mol. The predicted octanol–water partition coefficient (Wildman–Crippen LogP) is 1.83. The zero-order valence-corrected chi connectivity index (χ0v) is 11.3. The van der Waals surface area contributed by atoms with Gasteiger partial charge in [-0.05, 0) is 51.7 Å². The van der Waals surface area contributed by atoms with Gasteiger partial charge in [0.25, 0.3) is 0 Å². The van der Waals surface area contributed by atoms with Crippen molar-refractivity contribution in [1.82, 2.24) is 4.90 Å². The number of carboxylic acid groups (broad SMARTS) is 1. The molecule has 0 spiro atoms. The lowest BCUT2D eigenvalue weighted by atomic mass is 10.1. The van der Waals surface area contributed by atoms with Crippen molar-refractivity contribution in [2.24, 2.45) is 0 Å². The second kappa shape index (κ2) is 9.55. The molecule has 0 radical (unpaired) electrons. The van der Waals surface area contributed by atoms with Crippen LogP contribution in [0.4, 0.5) is 0 Å². The third-order valence-corrected chi connectivity index (χ3v) is 3.17. The Morgan fingerprint density at radius 3 is 2.47 bits per heavy atom. The van der Waals surface area contributed by atoms with E-state index in [1.807, 2.05) is 0 Å². The van der Waals surface area contributed by atoms with Crippen LogP contribution in [0.15, 0.2) is 12.2 Å². The van der Waals surface area contributed by atoms with E-state index in [-0.39, 0.29) is 0 Å². The molecule has 1 N–H and O–H groups in total. The number of unbranched alkanes of at least 4 members (excludes halogenated alkanes) is 2. The van der Waals surface area contributed by atoms with Crippen LogP contribution in [0, 0.1) is 0 Å². The molecule has 0 aromatic carbocycles. The molecule has 0 atom stereocenters. The van der Waals surface area contributed by atoms with Crippen LogP contribution in [-0.4, -0.2) is 48.2 Å². The highest BCUT2D eigenvalue weighted by Crippen LogP contribution is 2.09. The molecule has 1 saturated heterocycles. The van der Waals surface area contributed by atoms with E-state index in [4.69, 9.17) is 9.84 Å². The molecule has 0 aromatic rings. The Balaban J connectivity index is 1.93. The number of ether oxygens (including phenoxy) is 1. The molecule has 1 rings (SSSR count). The number of esters is 1. The molecular formula is C14H23NO4. The summed E-state index contributed by atoms with van der Waals surface area (Å²) in [5, 5.41) is 8.33. The first-order valence-corrected chi connectivity index (χ1v) is 6.98. The van der Waals surface area contributed by atoms with Crippen LogP contribution < -0.4 is 0 Å². The lowest BCUT2D eigenvalue weighted by molar-refractivity contribution is -0.138. The van der Waals surface area contributed by atoms with E-state index in [0.717, 1.165) is 38.0 Å². The molecule has 0 bridgehead atoms. The fourth-order valence-corrected chi connectivity index (χ4v) is 2.16. The van der Waals surface area contributed by atoms with Crippen molar-refractivity contribution in [2.75, 3.05) is 26.2 Å². The summed E-state index contributed by atoms with van der Waals surface area (Å²) in [5.74, 6) is -1.73. The van der Waals surface area contributed by atoms with Gasteiger partial charge in [-0.1, -0.05) is 6.42 Å². The fraction of sp³-hybridized carbons (Fsp3) is 0.714. The van der Waals surface area contributed by atoms with Gasteiger partial charge in [0.2, 0.25) is 0 Å². The van der Waals surface area contributed by atoms with Gasteiger partial charge in [-0.2, -0.15) is 0 Å². The molecule has 1 heterocycles. The van der Waals surface area contributed by atoms with Crippen LogP contribution in [0.2, 0.25) is 0 Å². The van der Waals surface area contributed by atoms with Crippen molar-refractivity contribution < 1.29 is 19.4 Å². The van der Waals surface area contributed by atoms with Gasteiger partial charge < -0.3 is 14.7 Å². The first-order valence-electron chi connectivity index (χ1n) is 6.98. The first-order chi connectivity index (χ1) is 9.18. The molecule has 0 aromatic heterocycles.